The van der Waals surface area contributed by atoms with Gasteiger partial charge in [-0.25, -0.2) is 0 Å². The summed E-state index contributed by atoms with van der Waals surface area (Å²) in [4.78, 5) is 0. The van der Waals surface area contributed by atoms with Crippen LogP contribution in [0.3, 0.4) is 0 Å². The first-order chi connectivity index (χ1) is 60.0. The second-order valence-corrected chi connectivity index (χ2v) is 36.6. The van der Waals surface area contributed by atoms with Gasteiger partial charge in [0.05, 0.1) is 44.1 Å². The zero-order valence-electron chi connectivity index (χ0n) is 67.1. The van der Waals surface area contributed by atoms with Gasteiger partial charge < -0.3 is 27.1 Å². The molecule has 8 aromatic heterocycles. The monoisotopic (exact) mass is 1590 g/mol. The van der Waals surface area contributed by atoms with Crippen molar-refractivity contribution in [3.05, 3.63) is 386 Å². The molecule has 0 spiro atoms. The van der Waals surface area contributed by atoms with E-state index in [1.807, 2.05) is 46.9 Å². The Balaban J connectivity index is 0.000000128. The quantitative estimate of drug-likeness (QED) is 0.167. The van der Waals surface area contributed by atoms with Gasteiger partial charge in [-0.2, -0.15) is 0 Å². The van der Waals surface area contributed by atoms with Gasteiger partial charge in [-0.1, -0.05) is 246 Å². The molecule has 28 rings (SSSR count). The Hall–Kier alpha value is -14.8. The summed E-state index contributed by atoms with van der Waals surface area (Å²) >= 11 is 3.86. The number of furan rings is 2. The summed E-state index contributed by atoms with van der Waals surface area (Å²) in [5.41, 5.74) is 33.5. The fourth-order valence-electron chi connectivity index (χ4n) is 21.7. The van der Waals surface area contributed by atoms with Crippen LogP contribution in [0.4, 0.5) is 0 Å². The molecule has 122 heavy (non-hydrogen) atoms. The van der Waals surface area contributed by atoms with Crippen molar-refractivity contribution in [1.82, 2.24) is 18.3 Å². The van der Waals surface area contributed by atoms with Gasteiger partial charge in [0.15, 0.2) is 0 Å². The zero-order chi connectivity index (χ0) is 80.3. The first kappa shape index (κ1) is 68.1. The Kier molecular flexibility index (Phi) is 13.9. The molecule has 0 bridgehead atoms. The van der Waals surface area contributed by atoms with E-state index in [2.05, 4.69) is 386 Å². The molecule has 0 amide bonds. The molecule has 0 aliphatic heterocycles. The van der Waals surface area contributed by atoms with Gasteiger partial charge >= 0.3 is 0 Å². The molecule has 0 fully saturated rings. The van der Waals surface area contributed by atoms with E-state index >= 15 is 0 Å². The average molecular weight is 1590 g/mol. The summed E-state index contributed by atoms with van der Waals surface area (Å²) in [5.74, 6) is 0. The fraction of sp³-hybridized carbons (Fsp3) is 0.0526. The Bertz CT molecular complexity index is 9130. The SMILES string of the molecule is CC1(C)c2cc(-n3c4ccccc4c4cc(-c5ccc6c7ccccc7n(-c7ccc8oc9ccccc9c8c7)c6c5)ccc43)ccc2-c2c1ccc1c2sc2ccccc21.CC1(C)c2cc(-n3c4ccccc4c4ccc(-c5ccc6c(c5)c5ccccc5n6-c5ccc6oc7ccccc7c6c5)cc43)ccc2-c2c1ccc1c2sc2ccccc21. The van der Waals surface area contributed by atoms with Crippen LogP contribution in [0.1, 0.15) is 49.9 Å². The molecule has 0 saturated carbocycles. The smallest absolute Gasteiger partial charge is 0.135 e. The van der Waals surface area contributed by atoms with Crippen molar-refractivity contribution in [3.8, 4) is 67.3 Å². The van der Waals surface area contributed by atoms with Crippen molar-refractivity contribution in [1.29, 1.82) is 0 Å². The molecule has 0 atom stereocenters. The Morgan fingerprint density at radius 1 is 0.205 bits per heavy atom. The number of hydrogen-bond acceptors (Lipinski definition) is 4. The summed E-state index contributed by atoms with van der Waals surface area (Å²) < 4.78 is 27.7. The van der Waals surface area contributed by atoms with Gasteiger partial charge in [0.1, 0.15) is 22.3 Å². The molecule has 0 radical (unpaired) electrons. The van der Waals surface area contributed by atoms with E-state index in [-0.39, 0.29) is 10.8 Å². The lowest BCUT2D eigenvalue weighted by molar-refractivity contribution is 0.660. The van der Waals surface area contributed by atoms with Gasteiger partial charge in [0.25, 0.3) is 0 Å². The summed E-state index contributed by atoms with van der Waals surface area (Å²) in [6, 6.07) is 135. The number of fused-ring (bicyclic) bond motifs is 32. The highest BCUT2D eigenvalue weighted by Crippen LogP contribution is 2.57. The third kappa shape index (κ3) is 9.48. The van der Waals surface area contributed by atoms with Crippen LogP contribution in [-0.4, -0.2) is 18.3 Å². The Morgan fingerprint density at radius 3 is 0.934 bits per heavy atom. The molecular formula is C114H72N4O2S2. The van der Waals surface area contributed by atoms with Crippen LogP contribution < -0.4 is 0 Å². The second kappa shape index (κ2) is 24.9. The maximum atomic E-state index is 6.23. The maximum Gasteiger partial charge on any atom is 0.135 e. The van der Waals surface area contributed by atoms with Crippen molar-refractivity contribution in [2.45, 2.75) is 38.5 Å². The van der Waals surface area contributed by atoms with Gasteiger partial charge in [-0.15, -0.1) is 22.7 Å². The van der Waals surface area contributed by atoms with Crippen LogP contribution in [0, 0.1) is 0 Å². The number of hydrogen-bond donors (Lipinski definition) is 0. The second-order valence-electron chi connectivity index (χ2n) is 34.5. The first-order valence-electron chi connectivity index (χ1n) is 42.2. The fourth-order valence-corrected chi connectivity index (χ4v) is 24.2. The van der Waals surface area contributed by atoms with Gasteiger partial charge in [-0.05, 0) is 201 Å². The first-order valence-corrected chi connectivity index (χ1v) is 43.8. The minimum atomic E-state index is -0.137. The number of benzene rings is 18. The molecule has 8 heteroatoms. The summed E-state index contributed by atoms with van der Waals surface area (Å²) in [6.45, 7) is 9.59. The topological polar surface area (TPSA) is 46.0 Å². The molecule has 0 N–H and O–H groups in total. The van der Waals surface area contributed by atoms with Crippen LogP contribution in [0.2, 0.25) is 0 Å². The molecule has 6 nitrogen and oxygen atoms in total. The van der Waals surface area contributed by atoms with E-state index in [0.29, 0.717) is 0 Å². The van der Waals surface area contributed by atoms with Crippen LogP contribution in [0.25, 0.3) is 239 Å². The van der Waals surface area contributed by atoms with Gasteiger partial charge in [0.2, 0.25) is 0 Å². The number of aromatic nitrogens is 4. The third-order valence-corrected chi connectivity index (χ3v) is 29.9. The normalized spacial score (nSPS) is 13.5. The van der Waals surface area contributed by atoms with E-state index in [4.69, 9.17) is 8.83 Å². The largest absolute Gasteiger partial charge is 0.456 e. The van der Waals surface area contributed by atoms with Crippen molar-refractivity contribution >= 4 is 194 Å². The maximum absolute atomic E-state index is 6.23. The predicted octanol–water partition coefficient (Wildman–Crippen LogP) is 32.2. The highest BCUT2D eigenvalue weighted by atomic mass is 32.1. The van der Waals surface area contributed by atoms with Gasteiger partial charge in [-0.3, -0.25) is 0 Å². The van der Waals surface area contributed by atoms with Crippen molar-refractivity contribution in [3.63, 3.8) is 0 Å². The van der Waals surface area contributed by atoms with E-state index in [1.165, 1.54) is 206 Å². The highest BCUT2D eigenvalue weighted by molar-refractivity contribution is 7.26. The van der Waals surface area contributed by atoms with Crippen LogP contribution in [-0.2, 0) is 10.8 Å². The Labute approximate surface area is 708 Å². The lowest BCUT2D eigenvalue weighted by Crippen LogP contribution is -2.15. The minimum Gasteiger partial charge on any atom is -0.456 e. The van der Waals surface area contributed by atoms with Crippen molar-refractivity contribution in [2.75, 3.05) is 0 Å². The summed E-state index contributed by atoms with van der Waals surface area (Å²) in [7, 11) is 0. The molecule has 2 aliphatic rings. The number of thiophene rings is 2. The molecular weight excluding hydrogens is 1520 g/mol. The third-order valence-electron chi connectivity index (χ3n) is 27.4. The van der Waals surface area contributed by atoms with E-state index in [0.717, 1.165) is 55.3 Å². The van der Waals surface area contributed by atoms with E-state index < -0.39 is 0 Å². The van der Waals surface area contributed by atoms with Crippen molar-refractivity contribution in [2.24, 2.45) is 0 Å². The predicted molar refractivity (Wildman–Crippen MR) is 517 cm³/mol. The number of nitrogens with zero attached hydrogens (tertiary/aromatic N) is 4. The average Bonchev–Trinajstić information content (AvgIpc) is 1.54. The lowest BCUT2D eigenvalue weighted by atomic mass is 9.82. The Morgan fingerprint density at radius 2 is 0.508 bits per heavy atom. The highest BCUT2D eigenvalue weighted by Gasteiger charge is 2.40. The summed E-state index contributed by atoms with van der Waals surface area (Å²) in [5, 5.41) is 19.9. The molecule has 572 valence electrons. The van der Waals surface area contributed by atoms with Crippen LogP contribution in [0.15, 0.2) is 373 Å². The van der Waals surface area contributed by atoms with Crippen LogP contribution in [0.5, 0.6) is 0 Å². The van der Waals surface area contributed by atoms with Crippen molar-refractivity contribution < 1.29 is 8.83 Å². The number of rotatable bonds is 6. The molecule has 0 unspecified atom stereocenters. The standard InChI is InChI=1S/2C57H36N2OS/c1-57(2)46-26-25-42-41-14-6-10-18-54(41)61-56(42)55(46)43-24-21-36(32-47(43)57)58-49-16-8-4-12-38(49)44-29-33(20-27-50(44)58)34-19-23-39-37-11-3-7-15-48(37)59(51(39)30-34)35-22-28-53-45(31-35)40-13-5-9-17-52(40)60-53;1-57(2)46-26-25-42-41-14-6-10-18-54(41)61-56(42)55(46)43-24-21-36(32-47(43)57)59-48-15-7-3-11-37(48)39-23-19-34(30-51(39)59)33-20-27-50-44(29-33)38-12-4-8-16-49(38)58(50)35-22-28-53-45(31-35)40-13-5-9-17-52(40)60-53/h2*3-32H,1-2H3. The number of para-hydroxylation sites is 6. The molecule has 2 aliphatic carbocycles. The lowest BCUT2D eigenvalue weighted by Gasteiger charge is -2.22. The zero-order valence-corrected chi connectivity index (χ0v) is 68.7. The molecule has 18 aromatic carbocycles. The van der Waals surface area contributed by atoms with E-state index in [9.17, 15) is 0 Å². The summed E-state index contributed by atoms with van der Waals surface area (Å²) in [6.07, 6.45) is 0. The van der Waals surface area contributed by atoms with E-state index in [1.54, 1.807) is 0 Å². The molecule has 8 heterocycles. The molecule has 0 saturated heterocycles. The molecule has 26 aromatic rings. The van der Waals surface area contributed by atoms with Crippen LogP contribution >= 0.6 is 22.7 Å². The minimum absolute atomic E-state index is 0.129. The van der Waals surface area contributed by atoms with Gasteiger partial charge in [0, 0.05) is 150 Å².